The molecule has 0 radical (unpaired) electrons. The molecule has 0 unspecified atom stereocenters. The van der Waals surface area contributed by atoms with E-state index in [9.17, 15) is 0 Å². The van der Waals surface area contributed by atoms with Crippen molar-refractivity contribution in [3.8, 4) is 0 Å². The predicted molar refractivity (Wildman–Crippen MR) is 53.7 cm³/mol. The summed E-state index contributed by atoms with van der Waals surface area (Å²) in [4.78, 5) is 4.33. The molecule has 0 saturated heterocycles. The molecular weight excluding hydrogens is 162 g/mol. The van der Waals surface area contributed by atoms with E-state index >= 15 is 0 Å². The summed E-state index contributed by atoms with van der Waals surface area (Å²) >= 11 is 0. The van der Waals surface area contributed by atoms with Crippen molar-refractivity contribution >= 4 is 11.3 Å². The minimum absolute atomic E-state index is 0.396. The average molecular weight is 175 g/mol. The van der Waals surface area contributed by atoms with Crippen molar-refractivity contribution in [2.24, 2.45) is 0 Å². The van der Waals surface area contributed by atoms with Crippen LogP contribution in [0.2, 0.25) is 0 Å². The molecule has 2 heterocycles. The average Bonchev–Trinajstić information content (AvgIpc) is 2.45. The number of nitrogen functional groups attached to an aromatic ring is 1. The Labute approximate surface area is 77.2 Å². The minimum atomic E-state index is 0.396. The lowest BCUT2D eigenvalue weighted by Crippen LogP contribution is -1.95. The molecule has 2 N–H and O–H groups in total. The Morgan fingerprint density at radius 1 is 1.38 bits per heavy atom. The van der Waals surface area contributed by atoms with Gasteiger partial charge in [-0.3, -0.25) is 0 Å². The third-order valence-corrected chi connectivity index (χ3v) is 2.12. The van der Waals surface area contributed by atoms with Crippen LogP contribution >= 0.6 is 0 Å². The number of anilines is 1. The number of hydrogen-bond acceptors (Lipinski definition) is 2. The molecule has 0 atom stereocenters. The van der Waals surface area contributed by atoms with E-state index in [1.165, 1.54) is 0 Å². The van der Waals surface area contributed by atoms with E-state index in [-0.39, 0.29) is 0 Å². The van der Waals surface area contributed by atoms with Crippen LogP contribution in [-0.4, -0.2) is 9.38 Å². The first-order valence-electron chi connectivity index (χ1n) is 4.42. The summed E-state index contributed by atoms with van der Waals surface area (Å²) in [6.45, 7) is 4.22. The second-order valence-corrected chi connectivity index (χ2v) is 3.47. The number of nitrogens with two attached hydrogens (primary N) is 1. The highest BCUT2D eigenvalue weighted by Crippen LogP contribution is 2.20. The van der Waals surface area contributed by atoms with Gasteiger partial charge in [0.15, 0.2) is 0 Å². The van der Waals surface area contributed by atoms with Crippen molar-refractivity contribution in [1.82, 2.24) is 9.38 Å². The van der Waals surface area contributed by atoms with Crippen molar-refractivity contribution in [3.63, 3.8) is 0 Å². The lowest BCUT2D eigenvalue weighted by molar-refractivity contribution is 0.771. The fourth-order valence-corrected chi connectivity index (χ4v) is 1.49. The standard InChI is InChI=1S/C10H13N3/c1-7(2)10-12-9(11)8-5-3-4-6-13(8)10/h3-7H,11H2,1-2H3. The number of imidazole rings is 1. The molecule has 2 rings (SSSR count). The van der Waals surface area contributed by atoms with Gasteiger partial charge in [0.05, 0.1) is 5.52 Å². The topological polar surface area (TPSA) is 43.3 Å². The van der Waals surface area contributed by atoms with E-state index in [0.29, 0.717) is 11.7 Å². The van der Waals surface area contributed by atoms with Gasteiger partial charge in [0.1, 0.15) is 11.6 Å². The van der Waals surface area contributed by atoms with Gasteiger partial charge in [0.2, 0.25) is 0 Å². The fourth-order valence-electron chi connectivity index (χ4n) is 1.49. The molecule has 0 aromatic carbocycles. The highest BCUT2D eigenvalue weighted by Gasteiger charge is 2.09. The van der Waals surface area contributed by atoms with Gasteiger partial charge in [-0.05, 0) is 12.1 Å². The van der Waals surface area contributed by atoms with Crippen molar-refractivity contribution in [3.05, 3.63) is 30.2 Å². The molecule has 2 aromatic heterocycles. The summed E-state index contributed by atoms with van der Waals surface area (Å²) in [5.41, 5.74) is 6.77. The van der Waals surface area contributed by atoms with Crippen LogP contribution in [-0.2, 0) is 0 Å². The van der Waals surface area contributed by atoms with Gasteiger partial charge in [-0.1, -0.05) is 19.9 Å². The Balaban J connectivity index is 2.78. The van der Waals surface area contributed by atoms with E-state index in [1.54, 1.807) is 0 Å². The summed E-state index contributed by atoms with van der Waals surface area (Å²) in [5.74, 6) is 2.03. The summed E-state index contributed by atoms with van der Waals surface area (Å²) in [5, 5.41) is 0. The maximum Gasteiger partial charge on any atom is 0.149 e. The van der Waals surface area contributed by atoms with E-state index < -0.39 is 0 Å². The van der Waals surface area contributed by atoms with Crippen LogP contribution in [0.25, 0.3) is 5.52 Å². The Bertz CT molecular complexity index is 429. The summed E-state index contributed by atoms with van der Waals surface area (Å²) in [7, 11) is 0. The zero-order valence-corrected chi connectivity index (χ0v) is 7.86. The van der Waals surface area contributed by atoms with Crippen LogP contribution in [0.3, 0.4) is 0 Å². The Morgan fingerprint density at radius 3 is 2.85 bits per heavy atom. The SMILES string of the molecule is CC(C)c1nc(N)c2ccccn12. The van der Waals surface area contributed by atoms with Gasteiger partial charge in [-0.15, -0.1) is 0 Å². The Morgan fingerprint density at radius 2 is 2.15 bits per heavy atom. The smallest absolute Gasteiger partial charge is 0.149 e. The monoisotopic (exact) mass is 175 g/mol. The Hall–Kier alpha value is -1.51. The molecule has 3 heteroatoms. The maximum absolute atomic E-state index is 5.78. The molecule has 3 nitrogen and oxygen atoms in total. The lowest BCUT2D eigenvalue weighted by atomic mass is 10.2. The number of fused-ring (bicyclic) bond motifs is 1. The molecule has 68 valence electrons. The molecule has 2 aromatic rings. The van der Waals surface area contributed by atoms with E-state index in [1.807, 2.05) is 28.8 Å². The first-order valence-corrected chi connectivity index (χ1v) is 4.42. The molecule has 0 aliphatic heterocycles. The molecule has 0 spiro atoms. The quantitative estimate of drug-likeness (QED) is 0.720. The molecule has 13 heavy (non-hydrogen) atoms. The minimum Gasteiger partial charge on any atom is -0.382 e. The van der Waals surface area contributed by atoms with Gasteiger partial charge < -0.3 is 10.1 Å². The first-order chi connectivity index (χ1) is 6.20. The van der Waals surface area contributed by atoms with Gasteiger partial charge in [0, 0.05) is 12.1 Å². The highest BCUT2D eigenvalue weighted by molar-refractivity contribution is 5.66. The Kier molecular flexibility index (Phi) is 1.72. The second-order valence-electron chi connectivity index (χ2n) is 3.47. The van der Waals surface area contributed by atoms with Crippen LogP contribution in [0.5, 0.6) is 0 Å². The van der Waals surface area contributed by atoms with E-state index in [0.717, 1.165) is 11.3 Å². The van der Waals surface area contributed by atoms with Crippen molar-refractivity contribution in [2.45, 2.75) is 19.8 Å². The van der Waals surface area contributed by atoms with Crippen molar-refractivity contribution < 1.29 is 0 Å². The number of rotatable bonds is 1. The van der Waals surface area contributed by atoms with Gasteiger partial charge in [-0.2, -0.15) is 0 Å². The summed E-state index contributed by atoms with van der Waals surface area (Å²) < 4.78 is 2.04. The van der Waals surface area contributed by atoms with Crippen LogP contribution in [0.4, 0.5) is 5.82 Å². The molecule has 0 bridgehead atoms. The molecule has 0 amide bonds. The summed E-state index contributed by atoms with van der Waals surface area (Å²) in [6.07, 6.45) is 1.99. The number of aromatic nitrogens is 2. The molecule has 0 fully saturated rings. The second kappa shape index (κ2) is 2.76. The lowest BCUT2D eigenvalue weighted by Gasteiger charge is -2.02. The molecule has 0 aliphatic carbocycles. The highest BCUT2D eigenvalue weighted by atomic mass is 15.1. The fraction of sp³-hybridized carbons (Fsp3) is 0.300. The van der Waals surface area contributed by atoms with Crippen LogP contribution in [0.1, 0.15) is 25.6 Å². The number of nitrogens with zero attached hydrogens (tertiary/aromatic N) is 2. The van der Waals surface area contributed by atoms with Gasteiger partial charge >= 0.3 is 0 Å². The van der Waals surface area contributed by atoms with Crippen LogP contribution in [0, 0.1) is 0 Å². The molecule has 0 aliphatic rings. The normalized spacial score (nSPS) is 11.3. The number of hydrogen-bond donors (Lipinski definition) is 1. The predicted octanol–water partition coefficient (Wildman–Crippen LogP) is 2.04. The zero-order chi connectivity index (χ0) is 9.42. The maximum atomic E-state index is 5.78. The molecule has 0 saturated carbocycles. The third kappa shape index (κ3) is 1.16. The number of pyridine rings is 1. The summed E-state index contributed by atoms with van der Waals surface area (Å²) in [6, 6.07) is 5.94. The van der Waals surface area contributed by atoms with E-state index in [4.69, 9.17) is 5.73 Å². The first kappa shape index (κ1) is 8.10. The van der Waals surface area contributed by atoms with Gasteiger partial charge in [-0.25, -0.2) is 4.98 Å². The van der Waals surface area contributed by atoms with Crippen molar-refractivity contribution in [1.29, 1.82) is 0 Å². The van der Waals surface area contributed by atoms with Crippen molar-refractivity contribution in [2.75, 3.05) is 5.73 Å². The van der Waals surface area contributed by atoms with Crippen LogP contribution in [0.15, 0.2) is 24.4 Å². The van der Waals surface area contributed by atoms with Crippen LogP contribution < -0.4 is 5.73 Å². The molecular formula is C10H13N3. The third-order valence-electron chi connectivity index (χ3n) is 2.12. The zero-order valence-electron chi connectivity index (χ0n) is 7.86. The largest absolute Gasteiger partial charge is 0.382 e. The van der Waals surface area contributed by atoms with E-state index in [2.05, 4.69) is 18.8 Å². The van der Waals surface area contributed by atoms with Gasteiger partial charge in [0.25, 0.3) is 0 Å².